The highest BCUT2D eigenvalue weighted by molar-refractivity contribution is 6.01. The molecule has 2 aliphatic rings. The van der Waals surface area contributed by atoms with Crippen molar-refractivity contribution in [2.75, 3.05) is 19.7 Å². The molecule has 0 radical (unpaired) electrons. The minimum Gasteiger partial charge on any atom is -0.466 e. The van der Waals surface area contributed by atoms with E-state index in [1.165, 1.54) is 12.1 Å². The number of nitrogens with zero attached hydrogens (tertiary/aromatic N) is 2. The molecule has 2 heterocycles. The molecule has 2 aliphatic heterocycles. The fourth-order valence-electron chi connectivity index (χ4n) is 4.56. The van der Waals surface area contributed by atoms with Crippen LogP contribution in [0.25, 0.3) is 0 Å². The Morgan fingerprint density at radius 3 is 2.66 bits per heavy atom. The maximum absolute atomic E-state index is 13.2. The molecule has 4 rings (SSSR count). The first-order chi connectivity index (χ1) is 15.5. The van der Waals surface area contributed by atoms with Gasteiger partial charge in [-0.05, 0) is 49.6 Å². The minimum absolute atomic E-state index is 0.0884. The maximum atomic E-state index is 13.2. The summed E-state index contributed by atoms with van der Waals surface area (Å²) >= 11 is 0. The van der Waals surface area contributed by atoms with E-state index in [4.69, 9.17) is 9.57 Å². The van der Waals surface area contributed by atoms with Gasteiger partial charge in [-0.2, -0.15) is 0 Å². The van der Waals surface area contributed by atoms with Crippen molar-refractivity contribution in [3.05, 3.63) is 71.5 Å². The van der Waals surface area contributed by atoms with Crippen molar-refractivity contribution in [1.82, 2.24) is 4.90 Å². The van der Waals surface area contributed by atoms with E-state index in [-0.39, 0.29) is 36.9 Å². The number of benzene rings is 2. The lowest BCUT2D eigenvalue weighted by atomic mass is 9.74. The van der Waals surface area contributed by atoms with Crippen molar-refractivity contribution >= 4 is 17.6 Å². The highest BCUT2D eigenvalue weighted by Crippen LogP contribution is 2.39. The normalized spacial score (nSPS) is 22.8. The number of piperidine rings is 1. The summed E-state index contributed by atoms with van der Waals surface area (Å²) in [6, 6.07) is 15.2. The van der Waals surface area contributed by atoms with E-state index < -0.39 is 5.41 Å². The summed E-state index contributed by atoms with van der Waals surface area (Å²) in [4.78, 5) is 33.6. The predicted octanol–water partition coefficient (Wildman–Crippen LogP) is 4.19. The molecule has 0 spiro atoms. The number of esters is 1. The maximum Gasteiger partial charge on any atom is 0.314 e. The van der Waals surface area contributed by atoms with E-state index >= 15 is 0 Å². The van der Waals surface area contributed by atoms with Gasteiger partial charge in [0, 0.05) is 31.5 Å². The van der Waals surface area contributed by atoms with Crippen molar-refractivity contribution in [3.8, 4) is 0 Å². The highest BCUT2D eigenvalue weighted by Gasteiger charge is 2.47. The average Bonchev–Trinajstić information content (AvgIpc) is 3.28. The van der Waals surface area contributed by atoms with Crippen molar-refractivity contribution in [2.24, 2.45) is 10.6 Å². The number of rotatable bonds is 6. The van der Waals surface area contributed by atoms with E-state index in [1.807, 2.05) is 18.2 Å². The molecule has 0 saturated carbocycles. The molecule has 2 aromatic carbocycles. The molecular formula is C25H27FN2O4. The fourth-order valence-corrected chi connectivity index (χ4v) is 4.56. The second-order valence-corrected chi connectivity index (χ2v) is 8.38. The Morgan fingerprint density at radius 2 is 1.94 bits per heavy atom. The lowest BCUT2D eigenvalue weighted by molar-refractivity contribution is -0.161. The van der Waals surface area contributed by atoms with Crippen LogP contribution in [0.2, 0.25) is 0 Å². The molecule has 1 fully saturated rings. The van der Waals surface area contributed by atoms with Crippen LogP contribution in [0.5, 0.6) is 0 Å². The quantitative estimate of drug-likeness (QED) is 0.634. The van der Waals surface area contributed by atoms with E-state index in [1.54, 1.807) is 36.1 Å². The second-order valence-electron chi connectivity index (χ2n) is 8.38. The summed E-state index contributed by atoms with van der Waals surface area (Å²) < 4.78 is 18.7. The van der Waals surface area contributed by atoms with Crippen LogP contribution in [-0.4, -0.2) is 48.3 Å². The van der Waals surface area contributed by atoms with Gasteiger partial charge in [-0.3, -0.25) is 9.59 Å². The third-order valence-corrected chi connectivity index (χ3v) is 6.12. The monoisotopic (exact) mass is 438 g/mol. The van der Waals surface area contributed by atoms with E-state index in [2.05, 4.69) is 5.16 Å². The van der Waals surface area contributed by atoms with Crippen LogP contribution in [0.3, 0.4) is 0 Å². The molecule has 7 heteroatoms. The van der Waals surface area contributed by atoms with Crippen molar-refractivity contribution in [1.29, 1.82) is 0 Å². The van der Waals surface area contributed by atoms with Crippen LogP contribution in [0.4, 0.5) is 4.39 Å². The molecule has 0 N–H and O–H groups in total. The van der Waals surface area contributed by atoms with E-state index in [0.29, 0.717) is 37.8 Å². The SMILES string of the molecule is CCOC(=O)[C@]1(C[C@@H]2CC(c3ccc(F)cc3)=NO2)CCCN(C(=O)c2ccccc2)C1. The van der Waals surface area contributed by atoms with Crippen LogP contribution in [0.15, 0.2) is 59.8 Å². The van der Waals surface area contributed by atoms with Gasteiger partial charge in [-0.1, -0.05) is 35.5 Å². The number of ether oxygens (including phenoxy) is 1. The lowest BCUT2D eigenvalue weighted by Gasteiger charge is -2.41. The number of hydrogen-bond donors (Lipinski definition) is 0. The van der Waals surface area contributed by atoms with Crippen LogP contribution in [-0.2, 0) is 14.4 Å². The molecular weight excluding hydrogens is 411 g/mol. The van der Waals surface area contributed by atoms with Gasteiger partial charge in [0.1, 0.15) is 11.9 Å². The smallest absolute Gasteiger partial charge is 0.314 e. The van der Waals surface area contributed by atoms with Gasteiger partial charge in [-0.15, -0.1) is 0 Å². The lowest BCUT2D eigenvalue weighted by Crippen LogP contribution is -2.51. The number of carbonyl (C=O) groups excluding carboxylic acids is 2. The fraction of sp³-hybridized carbons (Fsp3) is 0.400. The molecule has 0 bridgehead atoms. The number of amides is 1. The standard InChI is InChI=1S/C25H27FN2O4/c1-2-31-24(30)25(13-6-14-28(17-25)23(29)19-7-4-3-5-8-19)16-21-15-22(27-32-21)18-9-11-20(26)12-10-18/h3-5,7-12,21H,2,6,13-17H2,1H3/t21-,25-/m0/s1. The Balaban J connectivity index is 1.50. The average molecular weight is 438 g/mol. The molecule has 2 aromatic rings. The van der Waals surface area contributed by atoms with Gasteiger partial charge in [0.25, 0.3) is 5.91 Å². The Morgan fingerprint density at radius 1 is 1.19 bits per heavy atom. The van der Waals surface area contributed by atoms with Gasteiger partial charge in [0.2, 0.25) is 0 Å². The largest absolute Gasteiger partial charge is 0.466 e. The Labute approximate surface area is 187 Å². The van der Waals surface area contributed by atoms with Gasteiger partial charge in [0.15, 0.2) is 0 Å². The van der Waals surface area contributed by atoms with E-state index in [0.717, 1.165) is 11.3 Å². The van der Waals surface area contributed by atoms with Crippen LogP contribution < -0.4 is 0 Å². The van der Waals surface area contributed by atoms with Crippen molar-refractivity contribution < 1.29 is 23.6 Å². The van der Waals surface area contributed by atoms with Crippen LogP contribution in [0.1, 0.15) is 48.5 Å². The summed E-state index contributed by atoms with van der Waals surface area (Å²) in [5.74, 6) is -0.699. The predicted molar refractivity (Wildman–Crippen MR) is 118 cm³/mol. The number of carbonyl (C=O) groups is 2. The van der Waals surface area contributed by atoms with Gasteiger partial charge in [-0.25, -0.2) is 4.39 Å². The number of hydrogen-bond acceptors (Lipinski definition) is 5. The molecule has 1 saturated heterocycles. The molecule has 2 atom stereocenters. The minimum atomic E-state index is -0.850. The summed E-state index contributed by atoms with van der Waals surface area (Å²) in [5, 5.41) is 4.18. The third kappa shape index (κ3) is 4.66. The summed E-state index contributed by atoms with van der Waals surface area (Å²) in [7, 11) is 0. The first-order valence-corrected chi connectivity index (χ1v) is 11.0. The van der Waals surface area contributed by atoms with Crippen LogP contribution >= 0.6 is 0 Å². The molecule has 6 nitrogen and oxygen atoms in total. The number of halogens is 1. The van der Waals surface area contributed by atoms with Gasteiger partial charge in [0.05, 0.1) is 17.7 Å². The van der Waals surface area contributed by atoms with Crippen molar-refractivity contribution in [2.45, 2.75) is 38.7 Å². The zero-order valence-electron chi connectivity index (χ0n) is 18.1. The van der Waals surface area contributed by atoms with E-state index in [9.17, 15) is 14.0 Å². The van der Waals surface area contributed by atoms with Gasteiger partial charge < -0.3 is 14.5 Å². The first-order valence-electron chi connectivity index (χ1n) is 11.0. The molecule has 0 aliphatic carbocycles. The second kappa shape index (κ2) is 9.51. The molecule has 32 heavy (non-hydrogen) atoms. The number of oxime groups is 1. The zero-order valence-corrected chi connectivity index (χ0v) is 18.1. The summed E-state index contributed by atoms with van der Waals surface area (Å²) in [5.41, 5.74) is 1.27. The topological polar surface area (TPSA) is 68.2 Å². The number of likely N-dealkylation sites (tertiary alicyclic amines) is 1. The van der Waals surface area contributed by atoms with Gasteiger partial charge >= 0.3 is 5.97 Å². The molecule has 168 valence electrons. The van der Waals surface area contributed by atoms with Crippen molar-refractivity contribution in [3.63, 3.8) is 0 Å². The van der Waals surface area contributed by atoms with Crippen LogP contribution in [0, 0.1) is 11.2 Å². The molecule has 1 amide bonds. The Kier molecular flexibility index (Phi) is 6.53. The molecule has 0 unspecified atom stereocenters. The summed E-state index contributed by atoms with van der Waals surface area (Å²) in [6.07, 6.45) is 1.93. The highest BCUT2D eigenvalue weighted by atomic mass is 19.1. The zero-order chi connectivity index (χ0) is 22.6. The Hall–Kier alpha value is -3.22. The first kappa shape index (κ1) is 22.0. The third-order valence-electron chi connectivity index (χ3n) is 6.12. The Bertz CT molecular complexity index is 993. The summed E-state index contributed by atoms with van der Waals surface area (Å²) in [6.45, 7) is 2.93. The molecule has 0 aromatic heterocycles.